The van der Waals surface area contributed by atoms with Crippen LogP contribution in [0.3, 0.4) is 0 Å². The molecule has 4 heterocycles. The second-order valence-electron chi connectivity index (χ2n) is 7.23. The molecule has 0 aliphatic carbocycles. The summed E-state index contributed by atoms with van der Waals surface area (Å²) in [4.78, 5) is 36.2. The van der Waals surface area contributed by atoms with Gasteiger partial charge in [0, 0.05) is 35.8 Å². The molecule has 7 nitrogen and oxygen atoms in total. The summed E-state index contributed by atoms with van der Waals surface area (Å²) >= 11 is 0. The molecule has 1 amide bonds. The lowest BCUT2D eigenvalue weighted by Gasteiger charge is -2.35. The number of nitrogens with zero attached hydrogens (tertiary/aromatic N) is 4. The minimum absolute atomic E-state index is 0.0291. The van der Waals surface area contributed by atoms with Gasteiger partial charge in [0.25, 0.3) is 11.5 Å². The van der Waals surface area contributed by atoms with Crippen molar-refractivity contribution in [3.05, 3.63) is 63.0 Å². The first-order chi connectivity index (χ1) is 13.0. The zero-order valence-corrected chi connectivity index (χ0v) is 15.8. The van der Waals surface area contributed by atoms with Crippen LogP contribution in [0.1, 0.15) is 58.3 Å². The highest BCUT2D eigenvalue weighted by Gasteiger charge is 2.30. The van der Waals surface area contributed by atoms with Crippen LogP contribution in [0.2, 0.25) is 0 Å². The molecule has 3 aromatic rings. The van der Waals surface area contributed by atoms with E-state index in [1.54, 1.807) is 13.1 Å². The lowest BCUT2D eigenvalue weighted by atomic mass is 9.98. The number of nitrogens with one attached hydrogen (secondary N) is 1. The number of aryl methyl sites for hydroxylation is 2. The van der Waals surface area contributed by atoms with E-state index in [1.807, 2.05) is 36.9 Å². The Kier molecular flexibility index (Phi) is 4.30. The quantitative estimate of drug-likeness (QED) is 0.757. The van der Waals surface area contributed by atoms with Crippen molar-refractivity contribution < 1.29 is 4.79 Å². The van der Waals surface area contributed by atoms with E-state index in [0.717, 1.165) is 36.3 Å². The molecular formula is C20H23N5O2. The van der Waals surface area contributed by atoms with E-state index in [1.165, 1.54) is 4.52 Å². The number of pyridine rings is 1. The van der Waals surface area contributed by atoms with Gasteiger partial charge in [0.1, 0.15) is 0 Å². The summed E-state index contributed by atoms with van der Waals surface area (Å²) in [5.41, 5.74) is 4.17. The van der Waals surface area contributed by atoms with Gasteiger partial charge >= 0.3 is 0 Å². The Labute approximate surface area is 157 Å². The van der Waals surface area contributed by atoms with Crippen LogP contribution in [-0.4, -0.2) is 36.9 Å². The second-order valence-corrected chi connectivity index (χ2v) is 7.23. The fourth-order valence-corrected chi connectivity index (χ4v) is 3.67. The second kappa shape index (κ2) is 6.64. The van der Waals surface area contributed by atoms with Gasteiger partial charge in [0.05, 0.1) is 17.3 Å². The molecule has 1 aliphatic heterocycles. The molecule has 0 unspecified atom stereocenters. The summed E-state index contributed by atoms with van der Waals surface area (Å²) in [6, 6.07) is 5.45. The molecule has 1 fully saturated rings. The molecule has 1 aliphatic rings. The first-order valence-corrected chi connectivity index (χ1v) is 9.28. The zero-order chi connectivity index (χ0) is 19.1. The van der Waals surface area contributed by atoms with Crippen molar-refractivity contribution in [2.75, 3.05) is 6.54 Å². The van der Waals surface area contributed by atoms with Gasteiger partial charge < -0.3 is 4.90 Å². The third-order valence-corrected chi connectivity index (χ3v) is 5.38. The van der Waals surface area contributed by atoms with E-state index in [0.29, 0.717) is 23.3 Å². The van der Waals surface area contributed by atoms with Crippen molar-refractivity contribution in [1.29, 1.82) is 0 Å². The highest BCUT2D eigenvalue weighted by Crippen LogP contribution is 2.31. The van der Waals surface area contributed by atoms with Gasteiger partial charge in [-0.25, -0.2) is 9.50 Å². The summed E-state index contributed by atoms with van der Waals surface area (Å²) in [6.07, 6.45) is 4.49. The first kappa shape index (κ1) is 17.5. The van der Waals surface area contributed by atoms with Crippen LogP contribution in [0.5, 0.6) is 0 Å². The Morgan fingerprint density at radius 3 is 2.78 bits per heavy atom. The summed E-state index contributed by atoms with van der Waals surface area (Å²) in [6.45, 7) is 6.20. The molecule has 27 heavy (non-hydrogen) atoms. The van der Waals surface area contributed by atoms with Crippen LogP contribution < -0.4 is 5.56 Å². The molecule has 0 spiro atoms. The molecule has 0 radical (unpaired) electrons. The number of likely N-dealkylation sites (tertiary alicyclic amines) is 1. The summed E-state index contributed by atoms with van der Waals surface area (Å²) in [5, 5.41) is 3.18. The Morgan fingerprint density at radius 1 is 1.22 bits per heavy atom. The van der Waals surface area contributed by atoms with Crippen LogP contribution in [0.25, 0.3) is 5.65 Å². The minimum Gasteiger partial charge on any atom is -0.330 e. The molecule has 1 N–H and O–H groups in total. The number of fused-ring (bicyclic) bond motifs is 1. The number of aromatic nitrogens is 4. The number of aromatic amines is 1. The summed E-state index contributed by atoms with van der Waals surface area (Å²) < 4.78 is 1.47. The van der Waals surface area contributed by atoms with E-state index < -0.39 is 0 Å². The van der Waals surface area contributed by atoms with Crippen molar-refractivity contribution >= 4 is 11.6 Å². The average Bonchev–Trinajstić information content (AvgIpc) is 3.10. The van der Waals surface area contributed by atoms with Crippen molar-refractivity contribution in [3.8, 4) is 0 Å². The SMILES string of the molecule is Cc1ccc(C(=O)N2CCCC[C@H]2c2cc3nc(C)c(C)c(=O)n3[nH]2)cn1. The average molecular weight is 365 g/mol. The highest BCUT2D eigenvalue weighted by molar-refractivity contribution is 5.94. The normalized spacial score (nSPS) is 17.4. The summed E-state index contributed by atoms with van der Waals surface area (Å²) in [7, 11) is 0. The topological polar surface area (TPSA) is 83.4 Å². The number of rotatable bonds is 2. The smallest absolute Gasteiger partial charge is 0.275 e. The van der Waals surface area contributed by atoms with Crippen molar-refractivity contribution in [2.24, 2.45) is 0 Å². The number of piperidine rings is 1. The molecule has 4 rings (SSSR count). The predicted octanol–water partition coefficient (Wildman–Crippen LogP) is 2.71. The molecule has 0 saturated carbocycles. The Balaban J connectivity index is 1.73. The molecular weight excluding hydrogens is 342 g/mol. The molecule has 7 heteroatoms. The lowest BCUT2D eigenvalue weighted by Crippen LogP contribution is -2.38. The third kappa shape index (κ3) is 3.03. The van der Waals surface area contributed by atoms with E-state index in [-0.39, 0.29) is 17.5 Å². The minimum atomic E-state index is -0.103. The van der Waals surface area contributed by atoms with Gasteiger partial charge in [-0.3, -0.25) is 19.7 Å². The molecule has 0 aromatic carbocycles. The number of hydrogen-bond acceptors (Lipinski definition) is 4. The number of carbonyl (C=O) groups is 1. The number of hydrogen-bond donors (Lipinski definition) is 1. The van der Waals surface area contributed by atoms with Crippen molar-refractivity contribution in [2.45, 2.75) is 46.1 Å². The molecule has 140 valence electrons. The van der Waals surface area contributed by atoms with E-state index in [2.05, 4.69) is 15.1 Å². The number of amides is 1. The third-order valence-electron chi connectivity index (χ3n) is 5.38. The first-order valence-electron chi connectivity index (χ1n) is 9.28. The van der Waals surface area contributed by atoms with Crippen LogP contribution >= 0.6 is 0 Å². The number of H-pyrrole nitrogens is 1. The van der Waals surface area contributed by atoms with E-state index in [4.69, 9.17) is 0 Å². The van der Waals surface area contributed by atoms with Gasteiger partial charge in [-0.2, -0.15) is 0 Å². The fourth-order valence-electron chi connectivity index (χ4n) is 3.67. The van der Waals surface area contributed by atoms with E-state index in [9.17, 15) is 9.59 Å². The van der Waals surface area contributed by atoms with Crippen LogP contribution in [0, 0.1) is 20.8 Å². The molecule has 1 atom stereocenters. The van der Waals surface area contributed by atoms with Crippen LogP contribution in [0.15, 0.2) is 29.2 Å². The Bertz CT molecular complexity index is 1060. The fraction of sp³-hybridized carbons (Fsp3) is 0.400. The maximum absolute atomic E-state index is 13.1. The summed E-state index contributed by atoms with van der Waals surface area (Å²) in [5.74, 6) is -0.0291. The molecule has 3 aromatic heterocycles. The van der Waals surface area contributed by atoms with Crippen molar-refractivity contribution in [1.82, 2.24) is 24.5 Å². The highest BCUT2D eigenvalue weighted by atomic mass is 16.2. The monoisotopic (exact) mass is 365 g/mol. The van der Waals surface area contributed by atoms with Gasteiger partial charge in [0.2, 0.25) is 0 Å². The lowest BCUT2D eigenvalue weighted by molar-refractivity contribution is 0.0605. The van der Waals surface area contributed by atoms with E-state index >= 15 is 0 Å². The maximum atomic E-state index is 13.1. The van der Waals surface area contributed by atoms with Crippen LogP contribution in [0.4, 0.5) is 0 Å². The predicted molar refractivity (Wildman–Crippen MR) is 102 cm³/mol. The van der Waals surface area contributed by atoms with Gasteiger partial charge in [-0.15, -0.1) is 0 Å². The Hall–Kier alpha value is -2.96. The van der Waals surface area contributed by atoms with Gasteiger partial charge in [-0.05, 0) is 52.2 Å². The van der Waals surface area contributed by atoms with Gasteiger partial charge in [0.15, 0.2) is 5.65 Å². The number of carbonyl (C=O) groups excluding carboxylic acids is 1. The van der Waals surface area contributed by atoms with Crippen LogP contribution in [-0.2, 0) is 0 Å². The zero-order valence-electron chi connectivity index (χ0n) is 15.8. The standard InChI is InChI=1S/C20H23N5O2/c1-12-7-8-15(11-21-12)20(27)24-9-5-4-6-17(24)16-10-18-22-14(3)13(2)19(26)25(18)23-16/h7-8,10-11,17,23H,4-6,9H2,1-3H3/t17-/m0/s1. The molecule has 0 bridgehead atoms. The van der Waals surface area contributed by atoms with Gasteiger partial charge in [-0.1, -0.05) is 0 Å². The Morgan fingerprint density at radius 2 is 2.04 bits per heavy atom. The largest absolute Gasteiger partial charge is 0.330 e. The maximum Gasteiger partial charge on any atom is 0.275 e. The molecule has 1 saturated heterocycles. The van der Waals surface area contributed by atoms with Crippen molar-refractivity contribution in [3.63, 3.8) is 0 Å².